The van der Waals surface area contributed by atoms with E-state index in [1.807, 2.05) is 0 Å². The van der Waals surface area contributed by atoms with Crippen LogP contribution in [0.4, 0.5) is 0 Å². The first-order chi connectivity index (χ1) is 5.20. The zero-order chi connectivity index (χ0) is 10.7. The Hall–Kier alpha value is -1.32. The molecule has 15 N–H and O–H groups in total. The quantitative estimate of drug-likeness (QED) is 0.231. The van der Waals surface area contributed by atoms with Crippen molar-refractivity contribution in [2.24, 2.45) is 0 Å². The van der Waals surface area contributed by atoms with Gasteiger partial charge in [0.2, 0.25) is 0 Å². The van der Waals surface area contributed by atoms with Gasteiger partial charge in [0, 0.05) is 0 Å². The summed E-state index contributed by atoms with van der Waals surface area (Å²) in [6.07, 6.45) is 0. The van der Waals surface area contributed by atoms with E-state index < -0.39 is 15.3 Å². The molecule has 0 amide bonds. The molecule has 18 nitrogen and oxygen atoms in total. The molecule has 0 atom stereocenters. The van der Waals surface area contributed by atoms with Crippen molar-refractivity contribution in [2.45, 2.75) is 0 Å². The van der Waals surface area contributed by atoms with Gasteiger partial charge in [0.05, 0.1) is 0 Å². The predicted octanol–water partition coefficient (Wildman–Crippen LogP) is -5.99. The summed E-state index contributed by atoms with van der Waals surface area (Å²) in [7, 11) is 0. The molecule has 0 saturated carbocycles. The third-order valence-corrected chi connectivity index (χ3v) is 0. The van der Waals surface area contributed by atoms with Crippen LogP contribution >= 0.6 is 0 Å². The second-order valence-electron chi connectivity index (χ2n) is 0.714. The zero-order valence-electron chi connectivity index (χ0n) is 8.49. The van der Waals surface area contributed by atoms with Crippen molar-refractivity contribution in [3.05, 3.63) is 30.3 Å². The largest absolute Gasteiger partial charge is 3.00 e. The van der Waals surface area contributed by atoms with Crippen LogP contribution in [0, 0.1) is 70.3 Å². The van der Waals surface area contributed by atoms with E-state index in [0.717, 1.165) is 0 Å². The summed E-state index contributed by atoms with van der Waals surface area (Å²) in [6, 6.07) is 0. The van der Waals surface area contributed by atoms with Crippen LogP contribution in [0.25, 0.3) is 0 Å². The molecule has 0 aliphatic rings. The van der Waals surface area contributed by atoms with Crippen molar-refractivity contribution in [3.8, 4) is 0 Å². The van der Waals surface area contributed by atoms with Gasteiger partial charge in [-0.1, -0.05) is 0 Å². The van der Waals surface area contributed by atoms with Gasteiger partial charge in [-0.15, -0.1) is 30.3 Å². The van der Waals surface area contributed by atoms with Gasteiger partial charge in [-0.25, -0.2) is 0 Å². The summed E-state index contributed by atoms with van der Waals surface area (Å²) in [5.41, 5.74) is 0. The summed E-state index contributed by atoms with van der Waals surface area (Å²) in [5.74, 6) is 0. The van der Waals surface area contributed by atoms with Crippen LogP contribution in [-0.4, -0.2) is 63.7 Å². The van der Waals surface area contributed by atoms with Gasteiger partial charge in [0.25, 0.3) is 15.3 Å². The van der Waals surface area contributed by atoms with E-state index in [9.17, 15) is 0 Å². The van der Waals surface area contributed by atoms with Gasteiger partial charge in [0.1, 0.15) is 0 Å². The van der Waals surface area contributed by atoms with Crippen LogP contribution in [0.15, 0.2) is 0 Å². The Kier molecular flexibility index (Phi) is 305. The molecule has 1 radical (unpaired) electrons. The van der Waals surface area contributed by atoms with Crippen molar-refractivity contribution in [3.63, 3.8) is 0 Å². The van der Waals surface area contributed by atoms with E-state index >= 15 is 0 Å². The molecule has 0 rings (SSSR count). The molecule has 19 heteroatoms. The van der Waals surface area contributed by atoms with E-state index in [1.54, 1.807) is 0 Å². The standard InChI is InChI=1S/Gd.3HNO3.6H2O/c;3*2-1(3)4;;;;;;/h;3*(H,2,3,4);6*1H2/q+3;;;;;;;;;. The molecule has 0 aromatic heterocycles. The van der Waals surface area contributed by atoms with Crippen LogP contribution in [-0.2, 0) is 0 Å². The molecule has 125 valence electrons. The first-order valence-electron chi connectivity index (χ1n) is 1.70. The Balaban J connectivity index is -0.00000000675. The van der Waals surface area contributed by atoms with Crippen molar-refractivity contribution in [1.82, 2.24) is 0 Å². The molecular formula is H15GdN3O15+3. The molecule has 0 fully saturated rings. The Morgan fingerprint density at radius 3 is 0.526 bits per heavy atom. The van der Waals surface area contributed by atoms with E-state index in [1.165, 1.54) is 0 Å². The van der Waals surface area contributed by atoms with Gasteiger partial charge in [0.15, 0.2) is 0 Å². The smallest absolute Gasteiger partial charge is 0.412 e. The van der Waals surface area contributed by atoms with Crippen molar-refractivity contribution in [2.75, 3.05) is 0 Å². The van der Waals surface area contributed by atoms with Gasteiger partial charge < -0.3 is 48.5 Å². The number of nitrogens with zero attached hydrogens (tertiary/aromatic N) is 3. The molecular weight excluding hydrogens is 439 g/mol. The fourth-order valence-corrected chi connectivity index (χ4v) is 0. The van der Waals surface area contributed by atoms with E-state index in [2.05, 4.69) is 0 Å². The molecule has 0 saturated heterocycles. The van der Waals surface area contributed by atoms with Crippen LogP contribution in [0.1, 0.15) is 0 Å². The molecule has 19 heavy (non-hydrogen) atoms. The maximum atomic E-state index is 8.36. The third-order valence-electron chi connectivity index (χ3n) is 0. The number of hydrogen-bond acceptors (Lipinski definition) is 6. The minimum atomic E-state index is -1.50. The first kappa shape index (κ1) is 83.4. The second kappa shape index (κ2) is 69.5. The summed E-state index contributed by atoms with van der Waals surface area (Å²) in [6.45, 7) is 0. The minimum absolute atomic E-state index is 0. The Morgan fingerprint density at radius 2 is 0.526 bits per heavy atom. The number of hydrogen-bond donors (Lipinski definition) is 3. The molecule has 0 heterocycles. The van der Waals surface area contributed by atoms with Crippen molar-refractivity contribution < 1.29 is 104 Å². The van der Waals surface area contributed by atoms with Gasteiger partial charge in [-0.2, -0.15) is 0 Å². The fourth-order valence-electron chi connectivity index (χ4n) is 0. The minimum Gasteiger partial charge on any atom is -0.412 e. The van der Waals surface area contributed by atoms with E-state index in [0.29, 0.717) is 0 Å². The molecule has 0 aromatic rings. The zero-order valence-corrected chi connectivity index (χ0v) is 10.8. The molecule has 0 unspecified atom stereocenters. The molecule has 0 spiro atoms. The Bertz CT molecular complexity index is 115. The van der Waals surface area contributed by atoms with Crippen molar-refractivity contribution >= 4 is 0 Å². The van der Waals surface area contributed by atoms with Crippen LogP contribution < -0.4 is 0 Å². The Morgan fingerprint density at radius 1 is 0.526 bits per heavy atom. The monoisotopic (exact) mass is 455 g/mol. The summed E-state index contributed by atoms with van der Waals surface area (Å²) >= 11 is 0. The predicted molar refractivity (Wildman–Crippen MR) is 48.0 cm³/mol. The third kappa shape index (κ3) is 2080. The maximum Gasteiger partial charge on any atom is 3.00 e. The normalized spacial score (nSPS) is 3.79. The molecule has 0 aromatic carbocycles. The molecule has 0 bridgehead atoms. The van der Waals surface area contributed by atoms with Gasteiger partial charge in [-0.3, -0.25) is 0 Å². The molecule has 0 aliphatic heterocycles. The van der Waals surface area contributed by atoms with E-state index in [-0.39, 0.29) is 72.8 Å². The average Bonchev–Trinajstić information content (AvgIpc) is 1.54. The molecule has 0 aliphatic carbocycles. The number of rotatable bonds is 0. The SMILES string of the molecule is O.O.O.O.O.O.O=[N+]([O-])O.O=[N+]([O-])O.O=[N+]([O-])O.[Gd+3]. The fraction of sp³-hybridized carbons (Fsp3) is 0. The maximum absolute atomic E-state index is 8.36. The summed E-state index contributed by atoms with van der Waals surface area (Å²) in [4.78, 5) is 25.1. The summed E-state index contributed by atoms with van der Waals surface area (Å²) in [5, 5.41) is 40.9. The van der Waals surface area contributed by atoms with Crippen LogP contribution in [0.3, 0.4) is 0 Å². The average molecular weight is 454 g/mol. The van der Waals surface area contributed by atoms with Gasteiger partial charge in [-0.05, 0) is 0 Å². The second-order valence-corrected chi connectivity index (χ2v) is 0.714. The first-order valence-corrected chi connectivity index (χ1v) is 1.70. The van der Waals surface area contributed by atoms with Crippen LogP contribution in [0.2, 0.25) is 0 Å². The summed E-state index contributed by atoms with van der Waals surface area (Å²) < 4.78 is 0. The van der Waals surface area contributed by atoms with Crippen LogP contribution in [0.5, 0.6) is 0 Å². The Labute approximate surface area is 134 Å². The van der Waals surface area contributed by atoms with E-state index in [4.69, 9.17) is 46.0 Å². The van der Waals surface area contributed by atoms with Crippen molar-refractivity contribution in [1.29, 1.82) is 0 Å². The topological polar surface area (TPSA) is 379 Å². The van der Waals surface area contributed by atoms with Gasteiger partial charge >= 0.3 is 39.9 Å².